The monoisotopic (exact) mass is 366 g/mol. The smallest absolute Gasteiger partial charge is 0.237 e. The van der Waals surface area contributed by atoms with E-state index in [1.807, 2.05) is 0 Å². The van der Waals surface area contributed by atoms with Gasteiger partial charge in [0.05, 0.1) is 10.3 Å². The van der Waals surface area contributed by atoms with Crippen LogP contribution in [-0.2, 0) is 9.59 Å². The third-order valence-corrected chi connectivity index (χ3v) is 4.43. The molecule has 2 aromatic carbocycles. The summed E-state index contributed by atoms with van der Waals surface area (Å²) >= 11 is 7.02. The number of nitrogens with one attached hydrogen (secondary N) is 2. The number of thioether (sulfide) groups is 1. The van der Waals surface area contributed by atoms with E-state index < -0.39 is 5.82 Å². The van der Waals surface area contributed by atoms with E-state index in [1.54, 1.807) is 37.3 Å². The van der Waals surface area contributed by atoms with Crippen LogP contribution in [0, 0.1) is 5.82 Å². The summed E-state index contributed by atoms with van der Waals surface area (Å²) in [6.07, 6.45) is 0. The van der Waals surface area contributed by atoms with Crippen molar-refractivity contribution in [1.29, 1.82) is 0 Å². The lowest BCUT2D eigenvalue weighted by atomic mass is 10.2. The van der Waals surface area contributed by atoms with Crippen LogP contribution in [0.25, 0.3) is 0 Å². The summed E-state index contributed by atoms with van der Waals surface area (Å²) in [6.45, 7) is 3.18. The fourth-order valence-corrected chi connectivity index (χ4v) is 3.04. The molecule has 0 unspecified atom stereocenters. The molecule has 126 valence electrons. The topological polar surface area (TPSA) is 58.2 Å². The van der Waals surface area contributed by atoms with Crippen molar-refractivity contribution in [3.8, 4) is 0 Å². The fourth-order valence-electron chi connectivity index (χ4n) is 1.89. The van der Waals surface area contributed by atoms with Gasteiger partial charge in [0.2, 0.25) is 11.8 Å². The first-order valence-corrected chi connectivity index (χ1v) is 8.41. The molecule has 1 atom stereocenters. The molecule has 0 aliphatic carbocycles. The maximum atomic E-state index is 13.1. The Morgan fingerprint density at radius 3 is 2.21 bits per heavy atom. The first kappa shape index (κ1) is 18.3. The number of amides is 2. The lowest BCUT2D eigenvalue weighted by molar-refractivity contribution is -0.115. The number of carbonyl (C=O) groups excluding carboxylic acids is 2. The Morgan fingerprint density at radius 1 is 1.08 bits per heavy atom. The van der Waals surface area contributed by atoms with Crippen LogP contribution in [0.5, 0.6) is 0 Å². The van der Waals surface area contributed by atoms with Crippen molar-refractivity contribution < 1.29 is 14.0 Å². The SMILES string of the molecule is CC(=O)Nc1ccc(NC(=O)[C@@H](C)Sc2ccc(F)c(Cl)c2)cc1. The van der Waals surface area contributed by atoms with Crippen molar-refractivity contribution in [3.63, 3.8) is 0 Å². The maximum absolute atomic E-state index is 13.1. The van der Waals surface area contributed by atoms with E-state index in [0.29, 0.717) is 16.3 Å². The number of halogens is 2. The van der Waals surface area contributed by atoms with Gasteiger partial charge in [0, 0.05) is 23.2 Å². The number of hydrogen-bond acceptors (Lipinski definition) is 3. The molecule has 0 saturated heterocycles. The second-order valence-corrected chi connectivity index (χ2v) is 6.91. The predicted molar refractivity (Wildman–Crippen MR) is 96.1 cm³/mol. The van der Waals surface area contributed by atoms with E-state index in [4.69, 9.17) is 11.6 Å². The van der Waals surface area contributed by atoms with Crippen LogP contribution in [0.4, 0.5) is 15.8 Å². The standard InChI is InChI=1S/C17H16ClFN2O2S/c1-10(24-14-7-8-16(19)15(18)9-14)17(23)21-13-5-3-12(4-6-13)20-11(2)22/h3-10H,1-2H3,(H,20,22)(H,21,23)/t10-/m1/s1. The molecular formula is C17H16ClFN2O2S. The summed E-state index contributed by atoms with van der Waals surface area (Å²) in [5, 5.41) is 5.08. The van der Waals surface area contributed by atoms with Crippen LogP contribution in [-0.4, -0.2) is 17.1 Å². The Balaban J connectivity index is 1.95. The minimum absolute atomic E-state index is 0.0289. The molecule has 0 heterocycles. The molecule has 24 heavy (non-hydrogen) atoms. The van der Waals surface area contributed by atoms with E-state index in [1.165, 1.54) is 30.8 Å². The van der Waals surface area contributed by atoms with E-state index in [9.17, 15) is 14.0 Å². The van der Waals surface area contributed by atoms with Crippen molar-refractivity contribution >= 4 is 46.6 Å². The average molecular weight is 367 g/mol. The highest BCUT2D eigenvalue weighted by atomic mass is 35.5. The summed E-state index contributed by atoms with van der Waals surface area (Å²) in [4.78, 5) is 23.9. The van der Waals surface area contributed by atoms with Crippen molar-refractivity contribution in [2.24, 2.45) is 0 Å². The van der Waals surface area contributed by atoms with Gasteiger partial charge < -0.3 is 10.6 Å². The van der Waals surface area contributed by atoms with E-state index in [2.05, 4.69) is 10.6 Å². The zero-order chi connectivity index (χ0) is 17.7. The Kier molecular flexibility index (Phi) is 6.23. The quantitative estimate of drug-likeness (QED) is 0.763. The van der Waals surface area contributed by atoms with Gasteiger partial charge in [-0.3, -0.25) is 9.59 Å². The molecule has 0 fully saturated rings. The third kappa shape index (κ3) is 5.25. The minimum Gasteiger partial charge on any atom is -0.326 e. The number of rotatable bonds is 5. The van der Waals surface area contributed by atoms with Gasteiger partial charge in [0.1, 0.15) is 5.82 Å². The molecule has 4 nitrogen and oxygen atoms in total. The van der Waals surface area contributed by atoms with Gasteiger partial charge in [-0.1, -0.05) is 11.6 Å². The van der Waals surface area contributed by atoms with Crippen LogP contribution in [0.2, 0.25) is 5.02 Å². The second-order valence-electron chi connectivity index (χ2n) is 5.08. The summed E-state index contributed by atoms with van der Waals surface area (Å²) in [5.74, 6) is -0.833. The van der Waals surface area contributed by atoms with Crippen LogP contribution in [0.15, 0.2) is 47.4 Å². The summed E-state index contributed by atoms with van der Waals surface area (Å²) < 4.78 is 13.1. The number of benzene rings is 2. The normalized spacial score (nSPS) is 11.7. The molecule has 0 aliphatic heterocycles. The first-order valence-electron chi connectivity index (χ1n) is 7.15. The summed E-state index contributed by atoms with van der Waals surface area (Å²) in [6, 6.07) is 11.2. The average Bonchev–Trinajstić information content (AvgIpc) is 2.52. The molecule has 0 bridgehead atoms. The third-order valence-electron chi connectivity index (χ3n) is 3.05. The predicted octanol–water partition coefficient (Wildman–Crippen LogP) is 4.56. The minimum atomic E-state index is -0.489. The Hall–Kier alpha value is -2.05. The highest BCUT2D eigenvalue weighted by molar-refractivity contribution is 8.00. The summed E-state index contributed by atoms with van der Waals surface area (Å²) in [7, 11) is 0. The molecule has 0 spiro atoms. The van der Waals surface area contributed by atoms with E-state index in [-0.39, 0.29) is 22.1 Å². The largest absolute Gasteiger partial charge is 0.326 e. The van der Waals surface area contributed by atoms with Crippen molar-refractivity contribution in [2.45, 2.75) is 24.0 Å². The van der Waals surface area contributed by atoms with E-state index >= 15 is 0 Å². The maximum Gasteiger partial charge on any atom is 0.237 e. The Morgan fingerprint density at radius 2 is 1.67 bits per heavy atom. The Labute approximate surface area is 148 Å². The lowest BCUT2D eigenvalue weighted by Gasteiger charge is -2.13. The van der Waals surface area contributed by atoms with Crippen LogP contribution in [0.3, 0.4) is 0 Å². The van der Waals surface area contributed by atoms with Gasteiger partial charge in [-0.15, -0.1) is 11.8 Å². The van der Waals surface area contributed by atoms with E-state index in [0.717, 1.165) is 0 Å². The molecule has 2 aromatic rings. The van der Waals surface area contributed by atoms with Crippen molar-refractivity contribution in [1.82, 2.24) is 0 Å². The van der Waals surface area contributed by atoms with Gasteiger partial charge in [0.15, 0.2) is 0 Å². The van der Waals surface area contributed by atoms with Crippen LogP contribution < -0.4 is 10.6 Å². The molecule has 0 aliphatic rings. The molecule has 7 heteroatoms. The van der Waals surface area contributed by atoms with Crippen LogP contribution in [0.1, 0.15) is 13.8 Å². The lowest BCUT2D eigenvalue weighted by Crippen LogP contribution is -2.22. The van der Waals surface area contributed by atoms with Gasteiger partial charge in [-0.05, 0) is 49.4 Å². The molecule has 0 aromatic heterocycles. The highest BCUT2D eigenvalue weighted by Gasteiger charge is 2.15. The van der Waals surface area contributed by atoms with Gasteiger partial charge >= 0.3 is 0 Å². The van der Waals surface area contributed by atoms with Gasteiger partial charge in [-0.25, -0.2) is 4.39 Å². The van der Waals surface area contributed by atoms with Gasteiger partial charge in [-0.2, -0.15) is 0 Å². The number of carbonyl (C=O) groups is 2. The summed E-state index contributed by atoms with van der Waals surface area (Å²) in [5.41, 5.74) is 1.28. The van der Waals surface area contributed by atoms with Gasteiger partial charge in [0.25, 0.3) is 0 Å². The number of anilines is 2. The molecule has 2 N–H and O–H groups in total. The zero-order valence-corrected chi connectivity index (χ0v) is 14.7. The van der Waals surface area contributed by atoms with Crippen molar-refractivity contribution in [3.05, 3.63) is 53.3 Å². The molecule has 2 amide bonds. The molecule has 2 rings (SSSR count). The second kappa shape index (κ2) is 8.17. The van der Waals surface area contributed by atoms with Crippen molar-refractivity contribution in [2.75, 3.05) is 10.6 Å². The highest BCUT2D eigenvalue weighted by Crippen LogP contribution is 2.28. The number of hydrogen-bond donors (Lipinski definition) is 2. The zero-order valence-electron chi connectivity index (χ0n) is 13.1. The molecule has 0 saturated carbocycles. The van der Waals surface area contributed by atoms with Crippen LogP contribution >= 0.6 is 23.4 Å². The fraction of sp³-hybridized carbons (Fsp3) is 0.176. The first-order chi connectivity index (χ1) is 11.3. The molecular weight excluding hydrogens is 351 g/mol. The Bertz CT molecular complexity index is 753. The molecule has 0 radical (unpaired) electrons.